The molecule has 0 aliphatic heterocycles. The first-order chi connectivity index (χ1) is 4.08. The maximum absolute atomic E-state index is 5.93. The molecule has 3 atom stereocenters. The second kappa shape index (κ2) is 1.98. The Balaban J connectivity index is 2.41. The average Bonchev–Trinajstić information content (AvgIpc) is 1.82. The summed E-state index contributed by atoms with van der Waals surface area (Å²) in [5, 5.41) is 0. The summed E-state index contributed by atoms with van der Waals surface area (Å²) in [7, 11) is 0. The van der Waals surface area contributed by atoms with Crippen molar-refractivity contribution in [2.24, 2.45) is 17.6 Å². The molecule has 0 radical (unpaired) electrons. The Hall–Kier alpha value is -0.0400. The molecule has 0 saturated heterocycles. The Bertz CT molecular complexity index is 107. The molecule has 0 bridgehead atoms. The maximum atomic E-state index is 5.93. The van der Waals surface area contributed by atoms with Gasteiger partial charge in [-0.3, -0.25) is 0 Å². The van der Waals surface area contributed by atoms with E-state index in [0.29, 0.717) is 0 Å². The zero-order chi connectivity index (χ0) is 7.07. The predicted octanol–water partition coefficient (Wildman–Crippen LogP) is 1.77. The van der Waals surface area contributed by atoms with E-state index in [2.05, 4.69) is 20.8 Å². The molecule has 1 aliphatic carbocycles. The average molecular weight is 127 g/mol. The van der Waals surface area contributed by atoms with Crippen LogP contribution in [0.1, 0.15) is 33.6 Å². The lowest BCUT2D eigenvalue weighted by molar-refractivity contribution is 0.0644. The molecule has 0 aromatic carbocycles. The summed E-state index contributed by atoms with van der Waals surface area (Å²) < 4.78 is 0. The molecular weight excluding hydrogens is 110 g/mol. The molecule has 0 aromatic rings. The SMILES string of the molecule is CC[C@H]1CC(C)(N)C1C. The molecule has 9 heavy (non-hydrogen) atoms. The predicted molar refractivity (Wildman–Crippen MR) is 40.2 cm³/mol. The Morgan fingerprint density at radius 3 is 2.33 bits per heavy atom. The van der Waals surface area contributed by atoms with Gasteiger partial charge in [0.1, 0.15) is 0 Å². The van der Waals surface area contributed by atoms with Gasteiger partial charge in [0.15, 0.2) is 0 Å². The van der Waals surface area contributed by atoms with Gasteiger partial charge in [-0.15, -0.1) is 0 Å². The van der Waals surface area contributed by atoms with E-state index < -0.39 is 0 Å². The van der Waals surface area contributed by atoms with Crippen LogP contribution in [0.4, 0.5) is 0 Å². The van der Waals surface area contributed by atoms with Gasteiger partial charge in [-0.25, -0.2) is 0 Å². The van der Waals surface area contributed by atoms with Crippen LogP contribution in [0.5, 0.6) is 0 Å². The topological polar surface area (TPSA) is 26.0 Å². The first-order valence-electron chi connectivity index (χ1n) is 3.87. The number of nitrogens with two attached hydrogens (primary N) is 1. The van der Waals surface area contributed by atoms with Crippen molar-refractivity contribution in [3.05, 3.63) is 0 Å². The van der Waals surface area contributed by atoms with Gasteiger partial charge in [0.25, 0.3) is 0 Å². The molecule has 0 heterocycles. The minimum atomic E-state index is 0.153. The molecule has 1 rings (SSSR count). The highest BCUT2D eigenvalue weighted by Gasteiger charge is 2.43. The number of hydrogen-bond acceptors (Lipinski definition) is 1. The zero-order valence-electron chi connectivity index (χ0n) is 6.65. The third-order valence-corrected chi connectivity index (χ3v) is 2.97. The summed E-state index contributed by atoms with van der Waals surface area (Å²) in [6.07, 6.45) is 2.53. The lowest BCUT2D eigenvalue weighted by Gasteiger charge is -2.49. The second-order valence-corrected chi connectivity index (χ2v) is 3.67. The lowest BCUT2D eigenvalue weighted by atomic mass is 9.60. The van der Waals surface area contributed by atoms with Gasteiger partial charge >= 0.3 is 0 Å². The van der Waals surface area contributed by atoms with Gasteiger partial charge in [0.05, 0.1) is 0 Å². The van der Waals surface area contributed by atoms with Gasteiger partial charge < -0.3 is 5.73 Å². The van der Waals surface area contributed by atoms with Crippen LogP contribution in [0.15, 0.2) is 0 Å². The van der Waals surface area contributed by atoms with Crippen LogP contribution in [0.25, 0.3) is 0 Å². The van der Waals surface area contributed by atoms with Crippen molar-refractivity contribution in [3.8, 4) is 0 Å². The van der Waals surface area contributed by atoms with E-state index in [-0.39, 0.29) is 5.54 Å². The second-order valence-electron chi connectivity index (χ2n) is 3.67. The fraction of sp³-hybridized carbons (Fsp3) is 1.00. The molecule has 1 fully saturated rings. The Morgan fingerprint density at radius 2 is 2.22 bits per heavy atom. The zero-order valence-corrected chi connectivity index (χ0v) is 6.65. The minimum Gasteiger partial charge on any atom is -0.325 e. The summed E-state index contributed by atoms with van der Waals surface area (Å²) in [5.74, 6) is 1.64. The highest BCUT2D eigenvalue weighted by Crippen LogP contribution is 2.43. The van der Waals surface area contributed by atoms with E-state index >= 15 is 0 Å². The molecule has 54 valence electrons. The summed E-state index contributed by atoms with van der Waals surface area (Å²) in [5.41, 5.74) is 6.08. The van der Waals surface area contributed by atoms with Crippen molar-refractivity contribution in [2.75, 3.05) is 0 Å². The van der Waals surface area contributed by atoms with Gasteiger partial charge in [-0.2, -0.15) is 0 Å². The van der Waals surface area contributed by atoms with E-state index in [1.165, 1.54) is 12.8 Å². The number of rotatable bonds is 1. The monoisotopic (exact) mass is 127 g/mol. The minimum absolute atomic E-state index is 0.153. The molecule has 2 unspecified atom stereocenters. The molecule has 1 heteroatoms. The standard InChI is InChI=1S/C8H17N/c1-4-7-5-8(3,9)6(7)2/h6-7H,4-5,9H2,1-3H3/t6?,7-,8?/m0/s1. The fourth-order valence-electron chi connectivity index (χ4n) is 1.80. The Morgan fingerprint density at radius 1 is 1.67 bits per heavy atom. The number of hydrogen-bond donors (Lipinski definition) is 1. The third-order valence-electron chi connectivity index (χ3n) is 2.97. The first-order valence-corrected chi connectivity index (χ1v) is 3.87. The molecule has 2 N–H and O–H groups in total. The van der Waals surface area contributed by atoms with Crippen LogP contribution in [0.2, 0.25) is 0 Å². The normalized spacial score (nSPS) is 50.7. The first kappa shape index (κ1) is 7.07. The van der Waals surface area contributed by atoms with E-state index in [1.807, 2.05) is 0 Å². The summed E-state index contributed by atoms with van der Waals surface area (Å²) >= 11 is 0. The fourth-order valence-corrected chi connectivity index (χ4v) is 1.80. The van der Waals surface area contributed by atoms with Crippen LogP contribution in [-0.4, -0.2) is 5.54 Å². The van der Waals surface area contributed by atoms with E-state index in [9.17, 15) is 0 Å². The van der Waals surface area contributed by atoms with Gasteiger partial charge in [0.2, 0.25) is 0 Å². The highest BCUT2D eigenvalue weighted by molar-refractivity contribution is 4.99. The van der Waals surface area contributed by atoms with E-state index in [4.69, 9.17) is 5.73 Å². The molecular formula is C8H17N. The summed E-state index contributed by atoms with van der Waals surface area (Å²) in [4.78, 5) is 0. The van der Waals surface area contributed by atoms with Crippen molar-refractivity contribution >= 4 is 0 Å². The summed E-state index contributed by atoms with van der Waals surface area (Å²) in [6.45, 7) is 6.66. The van der Waals surface area contributed by atoms with E-state index in [1.54, 1.807) is 0 Å². The van der Waals surface area contributed by atoms with Gasteiger partial charge in [0, 0.05) is 5.54 Å². The largest absolute Gasteiger partial charge is 0.325 e. The van der Waals surface area contributed by atoms with Crippen molar-refractivity contribution in [3.63, 3.8) is 0 Å². The van der Waals surface area contributed by atoms with Crippen LogP contribution >= 0.6 is 0 Å². The van der Waals surface area contributed by atoms with Gasteiger partial charge in [-0.1, -0.05) is 20.3 Å². The Kier molecular flexibility index (Phi) is 1.55. The van der Waals surface area contributed by atoms with Crippen LogP contribution < -0.4 is 5.73 Å². The van der Waals surface area contributed by atoms with Crippen molar-refractivity contribution < 1.29 is 0 Å². The molecule has 1 nitrogen and oxygen atoms in total. The van der Waals surface area contributed by atoms with Crippen LogP contribution in [-0.2, 0) is 0 Å². The van der Waals surface area contributed by atoms with Crippen molar-refractivity contribution in [1.82, 2.24) is 0 Å². The molecule has 0 amide bonds. The Labute approximate surface area is 57.6 Å². The third kappa shape index (κ3) is 0.983. The highest BCUT2D eigenvalue weighted by atomic mass is 14.8. The quantitative estimate of drug-likeness (QED) is 0.570. The van der Waals surface area contributed by atoms with Gasteiger partial charge in [-0.05, 0) is 25.2 Å². The lowest BCUT2D eigenvalue weighted by Crippen LogP contribution is -2.56. The molecule has 1 saturated carbocycles. The van der Waals surface area contributed by atoms with Crippen molar-refractivity contribution in [2.45, 2.75) is 39.2 Å². The summed E-state index contributed by atoms with van der Waals surface area (Å²) in [6, 6.07) is 0. The molecule has 0 spiro atoms. The smallest absolute Gasteiger partial charge is 0.0157 e. The van der Waals surface area contributed by atoms with E-state index in [0.717, 1.165) is 11.8 Å². The van der Waals surface area contributed by atoms with Crippen LogP contribution in [0, 0.1) is 11.8 Å². The van der Waals surface area contributed by atoms with Crippen LogP contribution in [0.3, 0.4) is 0 Å². The van der Waals surface area contributed by atoms with Crippen molar-refractivity contribution in [1.29, 1.82) is 0 Å². The maximum Gasteiger partial charge on any atom is 0.0157 e. The molecule has 1 aliphatic rings. The molecule has 0 aromatic heterocycles.